The van der Waals surface area contributed by atoms with Crippen LogP contribution in [0.15, 0.2) is 29.4 Å². The number of carbonyl (C=O) groups excluding carboxylic acids is 2. The highest BCUT2D eigenvalue weighted by Gasteiger charge is 2.26. The molecular weight excluding hydrogens is 239 g/mol. The summed E-state index contributed by atoms with van der Waals surface area (Å²) in [6.07, 6.45) is 0.0619. The van der Waals surface area contributed by atoms with Gasteiger partial charge in [0.2, 0.25) is 0 Å². The van der Waals surface area contributed by atoms with Crippen molar-refractivity contribution in [3.05, 3.63) is 30.1 Å². The molecule has 0 N–H and O–H groups in total. The minimum atomic E-state index is -0.442. The molecule has 0 spiro atoms. The number of halogens is 1. The minimum absolute atomic E-state index is 0.0140. The van der Waals surface area contributed by atoms with Crippen LogP contribution >= 0.6 is 0 Å². The van der Waals surface area contributed by atoms with E-state index in [1.165, 1.54) is 31.4 Å². The summed E-state index contributed by atoms with van der Waals surface area (Å²) in [5, 5.41) is 5.20. The van der Waals surface area contributed by atoms with Crippen LogP contribution in [0.2, 0.25) is 0 Å². The van der Waals surface area contributed by atoms with E-state index in [0.717, 1.165) is 5.01 Å². The van der Waals surface area contributed by atoms with Gasteiger partial charge in [0, 0.05) is 0 Å². The highest BCUT2D eigenvalue weighted by atomic mass is 19.1. The van der Waals surface area contributed by atoms with Gasteiger partial charge in [-0.05, 0) is 24.3 Å². The molecule has 1 heterocycles. The molecule has 94 valence electrons. The van der Waals surface area contributed by atoms with Crippen molar-refractivity contribution < 1.29 is 18.7 Å². The standard InChI is InChI=1S/C12H11FN2O3/c1-18-12(17)7-9-6-11(16)15(14-9)10-4-2-8(13)3-5-10/h2-5H,6-7H2,1H3. The van der Waals surface area contributed by atoms with Gasteiger partial charge in [-0.1, -0.05) is 0 Å². The van der Waals surface area contributed by atoms with Gasteiger partial charge in [0.05, 0.1) is 31.4 Å². The lowest BCUT2D eigenvalue weighted by Crippen LogP contribution is -2.19. The van der Waals surface area contributed by atoms with E-state index in [2.05, 4.69) is 9.84 Å². The SMILES string of the molecule is COC(=O)CC1=NN(c2ccc(F)cc2)C(=O)C1. The first-order valence-corrected chi connectivity index (χ1v) is 5.32. The number of ether oxygens (including phenoxy) is 1. The molecule has 5 nitrogen and oxygen atoms in total. The minimum Gasteiger partial charge on any atom is -0.469 e. The predicted molar refractivity (Wildman–Crippen MR) is 62.6 cm³/mol. The number of nitrogens with zero attached hydrogens (tertiary/aromatic N) is 2. The smallest absolute Gasteiger partial charge is 0.311 e. The Morgan fingerprint density at radius 2 is 2.11 bits per heavy atom. The second kappa shape index (κ2) is 4.95. The van der Waals surface area contributed by atoms with Crippen molar-refractivity contribution in [3.8, 4) is 0 Å². The van der Waals surface area contributed by atoms with Gasteiger partial charge < -0.3 is 4.74 Å². The molecule has 0 aliphatic carbocycles. The third kappa shape index (κ3) is 2.53. The van der Waals surface area contributed by atoms with Gasteiger partial charge in [0.25, 0.3) is 5.91 Å². The molecule has 1 aliphatic heterocycles. The van der Waals surface area contributed by atoms with Gasteiger partial charge >= 0.3 is 5.97 Å². The molecule has 0 atom stereocenters. The van der Waals surface area contributed by atoms with Crippen molar-refractivity contribution in [2.24, 2.45) is 5.10 Å². The van der Waals surface area contributed by atoms with E-state index >= 15 is 0 Å². The van der Waals surface area contributed by atoms with Crippen molar-refractivity contribution in [2.75, 3.05) is 12.1 Å². The van der Waals surface area contributed by atoms with Crippen LogP contribution in [0.3, 0.4) is 0 Å². The lowest BCUT2D eigenvalue weighted by atomic mass is 10.2. The predicted octanol–water partition coefficient (Wildman–Crippen LogP) is 1.48. The van der Waals surface area contributed by atoms with E-state index < -0.39 is 5.97 Å². The molecule has 1 aromatic carbocycles. The fourth-order valence-corrected chi connectivity index (χ4v) is 1.60. The molecule has 0 unspecified atom stereocenters. The number of anilines is 1. The van der Waals surface area contributed by atoms with E-state index in [0.29, 0.717) is 11.4 Å². The summed E-state index contributed by atoms with van der Waals surface area (Å²) in [5.41, 5.74) is 0.914. The van der Waals surface area contributed by atoms with Gasteiger partial charge in [-0.2, -0.15) is 5.10 Å². The topological polar surface area (TPSA) is 59.0 Å². The first-order valence-electron chi connectivity index (χ1n) is 5.32. The van der Waals surface area contributed by atoms with E-state index in [-0.39, 0.29) is 24.6 Å². The van der Waals surface area contributed by atoms with E-state index in [1.807, 2.05) is 0 Å². The molecule has 0 aromatic heterocycles. The largest absolute Gasteiger partial charge is 0.469 e. The number of esters is 1. The number of hydrazone groups is 1. The lowest BCUT2D eigenvalue weighted by Gasteiger charge is -2.10. The van der Waals surface area contributed by atoms with Crippen molar-refractivity contribution in [1.29, 1.82) is 0 Å². The average Bonchev–Trinajstić information content (AvgIpc) is 2.71. The zero-order valence-corrected chi connectivity index (χ0v) is 9.72. The molecule has 1 aromatic rings. The summed E-state index contributed by atoms with van der Waals surface area (Å²) in [6.45, 7) is 0. The maximum atomic E-state index is 12.8. The summed E-state index contributed by atoms with van der Waals surface area (Å²) in [7, 11) is 1.28. The maximum Gasteiger partial charge on any atom is 0.311 e. The fourth-order valence-electron chi connectivity index (χ4n) is 1.60. The average molecular weight is 250 g/mol. The first-order chi connectivity index (χ1) is 8.60. The van der Waals surface area contributed by atoms with Gasteiger partial charge in [0.1, 0.15) is 5.82 Å². The Morgan fingerprint density at radius 1 is 1.44 bits per heavy atom. The van der Waals surface area contributed by atoms with Crippen molar-refractivity contribution >= 4 is 23.3 Å². The first kappa shape index (κ1) is 12.2. The number of hydrogen-bond acceptors (Lipinski definition) is 4. The van der Waals surface area contributed by atoms with Gasteiger partial charge in [-0.25, -0.2) is 9.40 Å². The number of amides is 1. The van der Waals surface area contributed by atoms with Crippen molar-refractivity contribution in [1.82, 2.24) is 0 Å². The molecule has 0 fully saturated rings. The Hall–Kier alpha value is -2.24. The molecule has 0 saturated carbocycles. The summed E-state index contributed by atoms with van der Waals surface area (Å²) >= 11 is 0. The highest BCUT2D eigenvalue weighted by molar-refractivity contribution is 6.16. The normalized spacial score (nSPS) is 14.7. The molecule has 1 aliphatic rings. The number of rotatable bonds is 3. The van der Waals surface area contributed by atoms with E-state index in [9.17, 15) is 14.0 Å². The molecule has 0 radical (unpaired) electrons. The van der Waals surface area contributed by atoms with E-state index in [4.69, 9.17) is 0 Å². The molecular formula is C12H11FN2O3. The third-order valence-corrected chi connectivity index (χ3v) is 2.48. The Morgan fingerprint density at radius 3 is 2.72 bits per heavy atom. The Balaban J connectivity index is 2.16. The van der Waals surface area contributed by atoms with Gasteiger partial charge in [-0.3, -0.25) is 9.59 Å². The second-order valence-corrected chi connectivity index (χ2v) is 3.78. The summed E-state index contributed by atoms with van der Waals surface area (Å²) in [4.78, 5) is 22.8. The Bertz CT molecular complexity index is 511. The molecule has 6 heteroatoms. The Kier molecular flexibility index (Phi) is 3.36. The molecule has 18 heavy (non-hydrogen) atoms. The number of methoxy groups -OCH3 is 1. The van der Waals surface area contributed by atoms with Gasteiger partial charge in [-0.15, -0.1) is 0 Å². The maximum absolute atomic E-state index is 12.8. The van der Waals surface area contributed by atoms with Crippen molar-refractivity contribution in [3.63, 3.8) is 0 Å². The zero-order valence-electron chi connectivity index (χ0n) is 9.72. The molecule has 2 rings (SSSR count). The van der Waals surface area contributed by atoms with E-state index in [1.54, 1.807) is 0 Å². The number of benzene rings is 1. The van der Waals surface area contributed by atoms with Crippen LogP contribution in [0.1, 0.15) is 12.8 Å². The number of carbonyl (C=O) groups is 2. The van der Waals surface area contributed by atoms with Crippen LogP contribution in [-0.4, -0.2) is 24.7 Å². The molecule has 0 saturated heterocycles. The highest BCUT2D eigenvalue weighted by Crippen LogP contribution is 2.21. The monoisotopic (exact) mass is 250 g/mol. The fraction of sp³-hybridized carbons (Fsp3) is 0.250. The zero-order chi connectivity index (χ0) is 13.1. The Labute approximate surface area is 103 Å². The third-order valence-electron chi connectivity index (χ3n) is 2.48. The lowest BCUT2D eigenvalue weighted by molar-refractivity contribution is -0.139. The molecule has 1 amide bonds. The quantitative estimate of drug-likeness (QED) is 0.763. The second-order valence-electron chi connectivity index (χ2n) is 3.78. The van der Waals surface area contributed by atoms with Crippen LogP contribution in [0.4, 0.5) is 10.1 Å². The van der Waals surface area contributed by atoms with Crippen LogP contribution in [0.5, 0.6) is 0 Å². The van der Waals surface area contributed by atoms with Crippen LogP contribution in [0.25, 0.3) is 0 Å². The number of hydrogen-bond donors (Lipinski definition) is 0. The van der Waals surface area contributed by atoms with Crippen LogP contribution in [0, 0.1) is 5.82 Å². The van der Waals surface area contributed by atoms with Crippen LogP contribution < -0.4 is 5.01 Å². The summed E-state index contributed by atoms with van der Waals surface area (Å²) in [5.74, 6) is -1.08. The summed E-state index contributed by atoms with van der Waals surface area (Å²) < 4.78 is 17.3. The summed E-state index contributed by atoms with van der Waals surface area (Å²) in [6, 6.07) is 5.41. The van der Waals surface area contributed by atoms with Crippen LogP contribution in [-0.2, 0) is 14.3 Å². The molecule has 0 bridgehead atoms. The van der Waals surface area contributed by atoms with Crippen molar-refractivity contribution in [2.45, 2.75) is 12.8 Å². The van der Waals surface area contributed by atoms with Gasteiger partial charge in [0.15, 0.2) is 0 Å².